The van der Waals surface area contributed by atoms with Gasteiger partial charge in [0.25, 0.3) is 0 Å². The molecule has 1 aliphatic heterocycles. The summed E-state index contributed by atoms with van der Waals surface area (Å²) in [6, 6.07) is 0. The lowest BCUT2D eigenvalue weighted by atomic mass is 9.46. The molecule has 4 aliphatic carbocycles. The fourth-order valence-corrected chi connectivity index (χ4v) is 7.62. The molecular formula is C21H28O3. The van der Waals surface area contributed by atoms with E-state index in [0.29, 0.717) is 30.0 Å². The van der Waals surface area contributed by atoms with E-state index in [1.165, 1.54) is 18.4 Å². The molecule has 0 bridgehead atoms. The Labute approximate surface area is 144 Å². The molecule has 3 nitrogen and oxygen atoms in total. The number of fused-ring (bicyclic) bond motifs is 7. The highest BCUT2D eigenvalue weighted by Gasteiger charge is 2.79. The number of epoxide rings is 1. The van der Waals surface area contributed by atoms with Crippen molar-refractivity contribution in [1.29, 1.82) is 0 Å². The first kappa shape index (κ1) is 15.3. The van der Waals surface area contributed by atoms with Crippen LogP contribution in [0.15, 0.2) is 11.6 Å². The van der Waals surface area contributed by atoms with Crippen LogP contribution in [0.3, 0.4) is 0 Å². The molecule has 0 amide bonds. The topological polar surface area (TPSA) is 46.7 Å². The molecule has 3 heteroatoms. The first-order valence-corrected chi connectivity index (χ1v) is 9.76. The molecule has 1 saturated heterocycles. The Balaban J connectivity index is 1.52. The summed E-state index contributed by atoms with van der Waals surface area (Å²) in [6.07, 6.45) is 9.53. The number of ketones is 2. The Morgan fingerprint density at radius 3 is 2.71 bits per heavy atom. The summed E-state index contributed by atoms with van der Waals surface area (Å²) in [7, 11) is 0. The Morgan fingerprint density at radius 1 is 1.17 bits per heavy atom. The molecule has 0 aromatic carbocycles. The van der Waals surface area contributed by atoms with Crippen LogP contribution in [-0.4, -0.2) is 23.3 Å². The number of Topliss-reactive ketones (excluding diaryl/α,β-unsaturated/α-hetero) is 1. The van der Waals surface area contributed by atoms with E-state index in [1.807, 2.05) is 6.08 Å². The van der Waals surface area contributed by atoms with Crippen LogP contribution in [0.1, 0.15) is 65.7 Å². The molecule has 5 rings (SSSR count). The van der Waals surface area contributed by atoms with Crippen molar-refractivity contribution < 1.29 is 14.3 Å². The van der Waals surface area contributed by atoms with Crippen molar-refractivity contribution in [2.24, 2.45) is 28.6 Å². The molecule has 5 aliphatic rings. The van der Waals surface area contributed by atoms with Crippen molar-refractivity contribution >= 4 is 11.6 Å². The third kappa shape index (κ3) is 1.54. The highest BCUT2D eigenvalue weighted by Crippen LogP contribution is 2.73. The minimum atomic E-state index is -0.456. The van der Waals surface area contributed by atoms with Crippen molar-refractivity contribution in [2.75, 3.05) is 0 Å². The monoisotopic (exact) mass is 328 g/mol. The standard InChI is InChI=1S/C21H28O3/c1-12(22)21-18(24-21)11-17-15-5-4-13-10-14(23)6-8-19(13,2)16(15)7-9-20(17,21)3/h10,15-18H,4-9,11H2,1-3H3/t15-,16-,17+,18?,19-,20-,21+/m0/s1. The van der Waals surface area contributed by atoms with E-state index in [9.17, 15) is 9.59 Å². The molecule has 0 radical (unpaired) electrons. The van der Waals surface area contributed by atoms with Gasteiger partial charge in [-0.3, -0.25) is 9.59 Å². The van der Waals surface area contributed by atoms with E-state index >= 15 is 0 Å². The van der Waals surface area contributed by atoms with Gasteiger partial charge in [0.05, 0.1) is 6.10 Å². The van der Waals surface area contributed by atoms with Crippen LogP contribution >= 0.6 is 0 Å². The van der Waals surface area contributed by atoms with Gasteiger partial charge in [-0.2, -0.15) is 0 Å². The van der Waals surface area contributed by atoms with Crippen LogP contribution in [0.2, 0.25) is 0 Å². The average Bonchev–Trinajstić information content (AvgIpc) is 3.21. The summed E-state index contributed by atoms with van der Waals surface area (Å²) in [4.78, 5) is 24.3. The second-order valence-electron chi connectivity index (χ2n) is 9.56. The van der Waals surface area contributed by atoms with Crippen molar-refractivity contribution in [3.05, 3.63) is 11.6 Å². The Bertz CT molecular complexity index is 679. The molecule has 0 N–H and O–H groups in total. The van der Waals surface area contributed by atoms with Crippen molar-refractivity contribution in [3.63, 3.8) is 0 Å². The average molecular weight is 328 g/mol. The summed E-state index contributed by atoms with van der Waals surface area (Å²) in [5.41, 5.74) is 1.22. The summed E-state index contributed by atoms with van der Waals surface area (Å²) in [5, 5.41) is 0. The molecule has 0 aromatic rings. The molecule has 4 fully saturated rings. The van der Waals surface area contributed by atoms with Crippen LogP contribution < -0.4 is 0 Å². The van der Waals surface area contributed by atoms with E-state index in [1.54, 1.807) is 6.92 Å². The number of hydrogen-bond donors (Lipinski definition) is 0. The van der Waals surface area contributed by atoms with Gasteiger partial charge in [0.1, 0.15) is 0 Å². The molecule has 1 heterocycles. The molecular weight excluding hydrogens is 300 g/mol. The maximum absolute atomic E-state index is 12.4. The minimum absolute atomic E-state index is 0.0345. The Kier molecular flexibility index (Phi) is 2.81. The maximum atomic E-state index is 12.4. The lowest BCUT2D eigenvalue weighted by Gasteiger charge is -2.58. The van der Waals surface area contributed by atoms with Gasteiger partial charge >= 0.3 is 0 Å². The zero-order valence-corrected chi connectivity index (χ0v) is 15.1. The van der Waals surface area contributed by atoms with Crippen LogP contribution in [0.5, 0.6) is 0 Å². The number of allylic oxidation sites excluding steroid dienone is 1. The molecule has 0 spiro atoms. The Morgan fingerprint density at radius 2 is 1.96 bits per heavy atom. The van der Waals surface area contributed by atoms with E-state index in [2.05, 4.69) is 13.8 Å². The van der Waals surface area contributed by atoms with E-state index in [-0.39, 0.29) is 22.7 Å². The molecule has 130 valence electrons. The molecule has 0 aromatic heterocycles. The van der Waals surface area contributed by atoms with Gasteiger partial charge in [0, 0.05) is 11.8 Å². The lowest BCUT2D eigenvalue weighted by Crippen LogP contribution is -2.54. The van der Waals surface area contributed by atoms with Gasteiger partial charge < -0.3 is 4.74 Å². The normalized spacial score (nSPS) is 55.0. The predicted molar refractivity (Wildman–Crippen MR) is 90.4 cm³/mol. The Hall–Kier alpha value is -0.960. The second kappa shape index (κ2) is 4.41. The number of carbonyl (C=O) groups excluding carboxylic acids is 2. The second-order valence-corrected chi connectivity index (χ2v) is 9.56. The van der Waals surface area contributed by atoms with Crippen LogP contribution in [0.25, 0.3) is 0 Å². The summed E-state index contributed by atoms with van der Waals surface area (Å²) in [5.74, 6) is 2.58. The molecule has 24 heavy (non-hydrogen) atoms. The third-order valence-electron chi connectivity index (χ3n) is 8.92. The molecule has 7 atom stereocenters. The fraction of sp³-hybridized carbons (Fsp3) is 0.810. The van der Waals surface area contributed by atoms with Gasteiger partial charge in [-0.1, -0.05) is 19.4 Å². The van der Waals surface area contributed by atoms with Crippen LogP contribution in [-0.2, 0) is 14.3 Å². The highest BCUT2D eigenvalue weighted by molar-refractivity contribution is 5.92. The number of hydrogen-bond acceptors (Lipinski definition) is 3. The van der Waals surface area contributed by atoms with Gasteiger partial charge in [0.2, 0.25) is 0 Å². The third-order valence-corrected chi connectivity index (χ3v) is 8.92. The summed E-state index contributed by atoms with van der Waals surface area (Å²) >= 11 is 0. The van der Waals surface area contributed by atoms with Gasteiger partial charge in [-0.15, -0.1) is 0 Å². The summed E-state index contributed by atoms with van der Waals surface area (Å²) < 4.78 is 5.99. The van der Waals surface area contributed by atoms with Crippen molar-refractivity contribution in [3.8, 4) is 0 Å². The fourth-order valence-electron chi connectivity index (χ4n) is 7.62. The SMILES string of the molecule is CC(=O)[C@@]12OC1C[C@@H]1[C@H]3CCC4=CC(=O)CC[C@]4(C)[C@H]3CC[C@@]12C. The lowest BCUT2D eigenvalue weighted by molar-refractivity contribution is -0.136. The largest absolute Gasteiger partial charge is 0.357 e. The van der Waals surface area contributed by atoms with E-state index in [4.69, 9.17) is 4.74 Å². The smallest absolute Gasteiger partial charge is 0.164 e. The first-order chi connectivity index (χ1) is 11.3. The number of rotatable bonds is 1. The van der Waals surface area contributed by atoms with Crippen LogP contribution in [0, 0.1) is 28.6 Å². The van der Waals surface area contributed by atoms with E-state index < -0.39 is 5.60 Å². The maximum Gasteiger partial charge on any atom is 0.164 e. The van der Waals surface area contributed by atoms with E-state index in [0.717, 1.165) is 25.7 Å². The summed E-state index contributed by atoms with van der Waals surface area (Å²) in [6.45, 7) is 6.48. The minimum Gasteiger partial charge on any atom is -0.357 e. The highest BCUT2D eigenvalue weighted by atomic mass is 16.6. The predicted octanol–water partition coefficient (Wildman–Crippen LogP) is 3.85. The van der Waals surface area contributed by atoms with Gasteiger partial charge in [0.15, 0.2) is 17.2 Å². The van der Waals surface area contributed by atoms with Crippen molar-refractivity contribution in [1.82, 2.24) is 0 Å². The first-order valence-electron chi connectivity index (χ1n) is 9.76. The van der Waals surface area contributed by atoms with Gasteiger partial charge in [-0.25, -0.2) is 0 Å². The quantitative estimate of drug-likeness (QED) is 0.687. The van der Waals surface area contributed by atoms with Gasteiger partial charge in [-0.05, 0) is 74.7 Å². The van der Waals surface area contributed by atoms with Crippen LogP contribution in [0.4, 0.5) is 0 Å². The molecule has 3 saturated carbocycles. The zero-order valence-electron chi connectivity index (χ0n) is 15.1. The molecule has 1 unspecified atom stereocenters. The van der Waals surface area contributed by atoms with Crippen molar-refractivity contribution in [2.45, 2.75) is 77.4 Å². The number of carbonyl (C=O) groups is 2. The zero-order chi connectivity index (χ0) is 16.9. The number of ether oxygens (including phenoxy) is 1.